The fraction of sp³-hybridized carbons (Fsp3) is 0.970. The number of hydrogen-bond acceptors (Lipinski definition) is 3. The lowest BCUT2D eigenvalue weighted by atomic mass is 10.1. The van der Waals surface area contributed by atoms with Crippen molar-refractivity contribution < 1.29 is 4.79 Å². The molecule has 0 aromatic heterocycles. The topological polar surface area (TPSA) is 26.8 Å². The van der Waals surface area contributed by atoms with Gasteiger partial charge in [0.25, 0.3) is 0 Å². The molecule has 0 N–H and O–H groups in total. The van der Waals surface area contributed by atoms with Crippen LogP contribution in [-0.4, -0.2) is 73.0 Å². The van der Waals surface area contributed by atoms with Gasteiger partial charge in [0.2, 0.25) is 5.91 Å². The van der Waals surface area contributed by atoms with Gasteiger partial charge in [-0.3, -0.25) is 4.79 Å². The summed E-state index contributed by atoms with van der Waals surface area (Å²) in [4.78, 5) is 20.0. The number of hydrogen-bond donors (Lipinski definition) is 0. The van der Waals surface area contributed by atoms with E-state index in [1.54, 1.807) is 0 Å². The van der Waals surface area contributed by atoms with Gasteiger partial charge in [-0.05, 0) is 25.9 Å². The molecular formula is C33H67N3O. The van der Waals surface area contributed by atoms with E-state index < -0.39 is 0 Å². The van der Waals surface area contributed by atoms with Crippen LogP contribution in [0.15, 0.2) is 0 Å². The summed E-state index contributed by atoms with van der Waals surface area (Å²) in [5.74, 6) is 0.333. The van der Waals surface area contributed by atoms with Crippen molar-refractivity contribution in [1.29, 1.82) is 0 Å². The first kappa shape index (κ1) is 34.4. The highest BCUT2D eigenvalue weighted by Gasteiger charge is 2.18. The van der Waals surface area contributed by atoms with Gasteiger partial charge < -0.3 is 14.7 Å². The van der Waals surface area contributed by atoms with Gasteiger partial charge in [-0.2, -0.15) is 0 Å². The molecule has 4 nitrogen and oxygen atoms in total. The predicted molar refractivity (Wildman–Crippen MR) is 163 cm³/mol. The average Bonchev–Trinajstić information content (AvgIpc) is 3.01. The van der Waals surface area contributed by atoms with Crippen molar-refractivity contribution >= 4 is 5.91 Å². The van der Waals surface area contributed by atoms with Gasteiger partial charge in [0, 0.05) is 45.7 Å². The van der Waals surface area contributed by atoms with Crippen LogP contribution in [0.2, 0.25) is 0 Å². The number of rotatable bonds is 23. The Morgan fingerprint density at radius 2 is 0.730 bits per heavy atom. The Balaban J connectivity index is 2.26. The fourth-order valence-electron chi connectivity index (χ4n) is 5.71. The summed E-state index contributed by atoms with van der Waals surface area (Å²) < 4.78 is 0. The Hall–Kier alpha value is -0.610. The van der Waals surface area contributed by atoms with Gasteiger partial charge in [-0.1, -0.05) is 136 Å². The third-order valence-electron chi connectivity index (χ3n) is 8.42. The van der Waals surface area contributed by atoms with E-state index in [0.29, 0.717) is 12.3 Å². The molecule has 1 rings (SSSR count). The van der Waals surface area contributed by atoms with Gasteiger partial charge >= 0.3 is 0 Å². The molecule has 1 aliphatic rings. The maximum Gasteiger partial charge on any atom is 0.222 e. The summed E-state index contributed by atoms with van der Waals surface area (Å²) in [5.41, 5.74) is 0. The molecule has 37 heavy (non-hydrogen) atoms. The molecular weight excluding hydrogens is 454 g/mol. The Morgan fingerprint density at radius 3 is 1.05 bits per heavy atom. The third-order valence-corrected chi connectivity index (χ3v) is 8.42. The monoisotopic (exact) mass is 522 g/mol. The van der Waals surface area contributed by atoms with Crippen LogP contribution in [0.1, 0.15) is 156 Å². The van der Waals surface area contributed by atoms with Gasteiger partial charge in [0.15, 0.2) is 0 Å². The molecule has 4 heteroatoms. The van der Waals surface area contributed by atoms with E-state index in [1.807, 2.05) is 6.92 Å². The molecule has 0 bridgehead atoms. The van der Waals surface area contributed by atoms with Gasteiger partial charge in [0.1, 0.15) is 0 Å². The molecule has 1 saturated heterocycles. The van der Waals surface area contributed by atoms with E-state index in [0.717, 1.165) is 26.2 Å². The molecule has 0 saturated carbocycles. The van der Waals surface area contributed by atoms with Crippen molar-refractivity contribution in [2.24, 2.45) is 0 Å². The van der Waals surface area contributed by atoms with Crippen LogP contribution in [-0.2, 0) is 4.79 Å². The summed E-state index contributed by atoms with van der Waals surface area (Å²) in [5, 5.41) is 0. The van der Waals surface area contributed by atoms with Crippen molar-refractivity contribution in [3.05, 3.63) is 0 Å². The Morgan fingerprint density at radius 1 is 0.432 bits per heavy atom. The number of unbranched alkanes of at least 4 members (excludes halogenated alkanes) is 18. The fourth-order valence-corrected chi connectivity index (χ4v) is 5.71. The molecule has 1 fully saturated rings. The molecule has 1 aliphatic heterocycles. The molecule has 1 amide bonds. The minimum absolute atomic E-state index is 0.333. The minimum atomic E-state index is 0.333. The summed E-state index contributed by atoms with van der Waals surface area (Å²) in [6, 6.07) is 0. The molecule has 0 aromatic carbocycles. The lowest BCUT2D eigenvalue weighted by Gasteiger charge is -2.25. The van der Waals surface area contributed by atoms with E-state index in [1.165, 1.54) is 155 Å². The van der Waals surface area contributed by atoms with Crippen LogP contribution in [0.3, 0.4) is 0 Å². The Kier molecular flexibility index (Phi) is 23.9. The molecule has 0 atom stereocenters. The number of amides is 1. The normalized spacial score (nSPS) is 16.0. The highest BCUT2D eigenvalue weighted by molar-refractivity contribution is 5.75. The van der Waals surface area contributed by atoms with Crippen LogP contribution in [0, 0.1) is 0 Å². The van der Waals surface area contributed by atoms with Crippen molar-refractivity contribution in [3.63, 3.8) is 0 Å². The summed E-state index contributed by atoms with van der Waals surface area (Å²) in [7, 11) is 0. The van der Waals surface area contributed by atoms with E-state index in [2.05, 4.69) is 28.5 Å². The predicted octanol–water partition coefficient (Wildman–Crippen LogP) is 8.68. The summed E-state index contributed by atoms with van der Waals surface area (Å²) >= 11 is 0. The molecule has 0 spiro atoms. The molecule has 0 radical (unpaired) electrons. The van der Waals surface area contributed by atoms with E-state index in [4.69, 9.17) is 0 Å². The molecule has 0 aromatic rings. The largest absolute Gasteiger partial charge is 0.340 e. The molecule has 0 unspecified atom stereocenters. The zero-order valence-corrected chi connectivity index (χ0v) is 25.8. The summed E-state index contributed by atoms with van der Waals surface area (Å²) in [6.07, 6.45) is 28.6. The lowest BCUT2D eigenvalue weighted by Crippen LogP contribution is -2.40. The first-order valence-corrected chi connectivity index (χ1v) is 16.9. The third kappa shape index (κ3) is 20.0. The van der Waals surface area contributed by atoms with E-state index in [-0.39, 0.29) is 0 Å². The maximum absolute atomic E-state index is 12.5. The molecule has 220 valence electrons. The van der Waals surface area contributed by atoms with Gasteiger partial charge in [-0.25, -0.2) is 0 Å². The second-order valence-corrected chi connectivity index (χ2v) is 11.8. The zero-order chi connectivity index (χ0) is 26.8. The van der Waals surface area contributed by atoms with Crippen molar-refractivity contribution in [3.8, 4) is 0 Å². The van der Waals surface area contributed by atoms with Crippen molar-refractivity contribution in [2.45, 2.75) is 156 Å². The van der Waals surface area contributed by atoms with E-state index in [9.17, 15) is 4.79 Å². The lowest BCUT2D eigenvalue weighted by molar-refractivity contribution is -0.131. The van der Waals surface area contributed by atoms with Crippen LogP contribution in [0.25, 0.3) is 0 Å². The van der Waals surface area contributed by atoms with Crippen molar-refractivity contribution in [2.75, 3.05) is 52.4 Å². The Labute approximate surface area is 233 Å². The minimum Gasteiger partial charge on any atom is -0.340 e. The average molecular weight is 522 g/mol. The SMILES string of the molecule is CCCCCCCCCCCCN1CCN(CCCCCCCCCCCC)CCN(C(=O)CC)CC1. The quantitative estimate of drug-likeness (QED) is 0.126. The maximum atomic E-state index is 12.5. The van der Waals surface area contributed by atoms with Gasteiger partial charge in [-0.15, -0.1) is 0 Å². The summed E-state index contributed by atoms with van der Waals surface area (Å²) in [6.45, 7) is 15.3. The van der Waals surface area contributed by atoms with Crippen LogP contribution < -0.4 is 0 Å². The molecule has 1 heterocycles. The smallest absolute Gasteiger partial charge is 0.222 e. The number of carbonyl (C=O) groups is 1. The van der Waals surface area contributed by atoms with Gasteiger partial charge in [0.05, 0.1) is 0 Å². The van der Waals surface area contributed by atoms with Crippen LogP contribution in [0.5, 0.6) is 0 Å². The molecule has 0 aliphatic carbocycles. The first-order valence-electron chi connectivity index (χ1n) is 16.9. The number of carbonyl (C=O) groups excluding carboxylic acids is 1. The van der Waals surface area contributed by atoms with Crippen molar-refractivity contribution in [1.82, 2.24) is 14.7 Å². The van der Waals surface area contributed by atoms with E-state index >= 15 is 0 Å². The number of nitrogens with zero attached hydrogens (tertiary/aromatic N) is 3. The standard InChI is InChI=1S/C33H67N3O/c1-4-7-9-11-13-15-17-19-21-23-25-34-27-28-35(30-32-36(31-29-34)33(37)6-3)26-24-22-20-18-16-14-12-10-8-5-2/h4-32H2,1-3H3. The zero-order valence-electron chi connectivity index (χ0n) is 25.8. The second-order valence-electron chi connectivity index (χ2n) is 11.8. The van der Waals surface area contributed by atoms with Crippen LogP contribution in [0.4, 0.5) is 0 Å². The first-order chi connectivity index (χ1) is 18.2. The highest BCUT2D eigenvalue weighted by atomic mass is 16.2. The second kappa shape index (κ2) is 25.7. The Bertz CT molecular complexity index is 462. The van der Waals surface area contributed by atoms with Crippen LogP contribution >= 0.6 is 0 Å². The highest BCUT2D eigenvalue weighted by Crippen LogP contribution is 2.13.